The molecule has 0 atom stereocenters. The van der Waals surface area contributed by atoms with Gasteiger partial charge in [-0.25, -0.2) is 4.68 Å². The first-order chi connectivity index (χ1) is 15.1. The summed E-state index contributed by atoms with van der Waals surface area (Å²) in [6.07, 6.45) is 2.41. The summed E-state index contributed by atoms with van der Waals surface area (Å²) < 4.78 is 18.2. The monoisotopic (exact) mass is 418 g/mol. The smallest absolute Gasteiger partial charge is 0.254 e. The van der Waals surface area contributed by atoms with Gasteiger partial charge >= 0.3 is 0 Å². The van der Waals surface area contributed by atoms with Crippen molar-refractivity contribution in [3.05, 3.63) is 76.8 Å². The van der Waals surface area contributed by atoms with Crippen LogP contribution in [0.25, 0.3) is 0 Å². The number of carbonyl (C=O) groups excluding carboxylic acids is 1. The molecule has 1 amide bonds. The highest BCUT2D eigenvalue weighted by Gasteiger charge is 2.35. The van der Waals surface area contributed by atoms with Gasteiger partial charge in [0, 0.05) is 12.0 Å². The van der Waals surface area contributed by atoms with E-state index in [0.29, 0.717) is 37.4 Å². The van der Waals surface area contributed by atoms with Crippen LogP contribution in [0, 0.1) is 0 Å². The predicted molar refractivity (Wildman–Crippen MR) is 112 cm³/mol. The van der Waals surface area contributed by atoms with E-state index in [-0.39, 0.29) is 5.91 Å². The molecule has 0 radical (unpaired) electrons. The number of hydrogen-bond donors (Lipinski definition) is 0. The molecule has 0 bridgehead atoms. The molecule has 0 spiro atoms. The number of nitrogens with zero attached hydrogens (tertiary/aromatic N) is 4. The molecule has 0 aliphatic carbocycles. The van der Waals surface area contributed by atoms with E-state index in [1.54, 1.807) is 23.8 Å². The predicted octanol–water partition coefficient (Wildman–Crippen LogP) is 2.58. The van der Waals surface area contributed by atoms with E-state index in [9.17, 15) is 4.79 Å². The number of rotatable bonds is 6. The SMILES string of the molecule is COc1ccc(Cn2cc(CN3CC4=C(Cc5cc(OC)ccc5O4)C3=O)nn2)cc1. The molecule has 31 heavy (non-hydrogen) atoms. The molecule has 2 aromatic carbocycles. The van der Waals surface area contributed by atoms with Gasteiger partial charge in [-0.2, -0.15) is 0 Å². The summed E-state index contributed by atoms with van der Waals surface area (Å²) in [6, 6.07) is 13.5. The van der Waals surface area contributed by atoms with Crippen molar-refractivity contribution in [1.82, 2.24) is 19.9 Å². The van der Waals surface area contributed by atoms with Gasteiger partial charge in [0.1, 0.15) is 28.7 Å². The summed E-state index contributed by atoms with van der Waals surface area (Å²) in [5.74, 6) is 3.04. The van der Waals surface area contributed by atoms with Gasteiger partial charge in [0.25, 0.3) is 5.91 Å². The van der Waals surface area contributed by atoms with Crippen molar-refractivity contribution in [1.29, 1.82) is 0 Å². The highest BCUT2D eigenvalue weighted by Crippen LogP contribution is 2.36. The largest absolute Gasteiger partial charge is 0.497 e. The Balaban J connectivity index is 1.24. The molecule has 8 heteroatoms. The molecular formula is C23H22N4O4. The van der Waals surface area contributed by atoms with Crippen molar-refractivity contribution in [2.75, 3.05) is 20.8 Å². The van der Waals surface area contributed by atoms with Crippen LogP contribution in [-0.2, 0) is 24.3 Å². The first-order valence-corrected chi connectivity index (χ1v) is 10.0. The van der Waals surface area contributed by atoms with E-state index in [2.05, 4.69) is 10.3 Å². The maximum atomic E-state index is 13.0. The Kier molecular flexibility index (Phi) is 4.82. The number of carbonyl (C=O) groups is 1. The lowest BCUT2D eigenvalue weighted by Gasteiger charge is -2.18. The van der Waals surface area contributed by atoms with Crippen LogP contribution >= 0.6 is 0 Å². The van der Waals surface area contributed by atoms with Gasteiger partial charge in [-0.3, -0.25) is 4.79 Å². The van der Waals surface area contributed by atoms with Crippen molar-refractivity contribution >= 4 is 5.91 Å². The lowest BCUT2D eigenvalue weighted by atomic mass is 10.0. The fourth-order valence-electron chi connectivity index (χ4n) is 3.89. The van der Waals surface area contributed by atoms with Gasteiger partial charge < -0.3 is 19.1 Å². The minimum atomic E-state index is -0.0202. The van der Waals surface area contributed by atoms with Crippen molar-refractivity contribution in [3.8, 4) is 17.2 Å². The molecule has 3 aromatic rings. The first-order valence-electron chi connectivity index (χ1n) is 10.0. The second kappa shape index (κ2) is 7.79. The third-order valence-corrected chi connectivity index (χ3v) is 5.53. The van der Waals surface area contributed by atoms with Crippen LogP contribution in [0.5, 0.6) is 17.2 Å². The minimum absolute atomic E-state index is 0.0202. The fraction of sp³-hybridized carbons (Fsp3) is 0.261. The molecule has 2 aliphatic rings. The van der Waals surface area contributed by atoms with Gasteiger partial charge in [-0.1, -0.05) is 17.3 Å². The third-order valence-electron chi connectivity index (χ3n) is 5.53. The molecule has 8 nitrogen and oxygen atoms in total. The molecular weight excluding hydrogens is 396 g/mol. The summed E-state index contributed by atoms with van der Waals surface area (Å²) in [4.78, 5) is 14.7. The van der Waals surface area contributed by atoms with Crippen molar-refractivity contribution in [3.63, 3.8) is 0 Å². The van der Waals surface area contributed by atoms with Crippen LogP contribution in [0.2, 0.25) is 0 Å². The number of benzene rings is 2. The van der Waals surface area contributed by atoms with E-state index in [0.717, 1.165) is 34.1 Å². The highest BCUT2D eigenvalue weighted by atomic mass is 16.5. The minimum Gasteiger partial charge on any atom is -0.497 e. The zero-order valence-corrected chi connectivity index (χ0v) is 17.4. The number of ether oxygens (including phenoxy) is 3. The zero-order chi connectivity index (χ0) is 21.4. The Morgan fingerprint density at radius 1 is 1.03 bits per heavy atom. The average Bonchev–Trinajstić information content (AvgIpc) is 3.36. The lowest BCUT2D eigenvalue weighted by molar-refractivity contribution is -0.126. The fourth-order valence-corrected chi connectivity index (χ4v) is 3.89. The summed E-state index contributed by atoms with van der Waals surface area (Å²) in [6.45, 7) is 1.42. The molecule has 0 fully saturated rings. The topological polar surface area (TPSA) is 78.7 Å². The molecule has 158 valence electrons. The van der Waals surface area contributed by atoms with Crippen LogP contribution in [0.15, 0.2) is 60.0 Å². The standard InChI is InChI=1S/C23H22N4O4/c1-29-18-5-3-15(4-6-18)11-27-13-17(24-25-27)12-26-14-22-20(23(26)28)10-16-9-19(30-2)7-8-21(16)31-22/h3-9,13H,10-12,14H2,1-2H3. The van der Waals surface area contributed by atoms with Gasteiger partial charge in [0.05, 0.1) is 45.6 Å². The van der Waals surface area contributed by atoms with E-state index in [1.165, 1.54) is 0 Å². The molecule has 0 N–H and O–H groups in total. The molecule has 3 heterocycles. The molecule has 0 saturated carbocycles. The number of aromatic nitrogens is 3. The van der Waals surface area contributed by atoms with E-state index in [4.69, 9.17) is 14.2 Å². The average molecular weight is 418 g/mol. The normalized spacial score (nSPS) is 14.9. The van der Waals surface area contributed by atoms with E-state index in [1.807, 2.05) is 48.7 Å². The summed E-state index contributed by atoms with van der Waals surface area (Å²) in [5, 5.41) is 8.44. The number of hydrogen-bond acceptors (Lipinski definition) is 6. The molecule has 5 rings (SSSR count). The van der Waals surface area contributed by atoms with Crippen LogP contribution in [-0.4, -0.2) is 46.6 Å². The van der Waals surface area contributed by atoms with Gasteiger partial charge in [-0.15, -0.1) is 5.10 Å². The van der Waals surface area contributed by atoms with Gasteiger partial charge in [0.2, 0.25) is 0 Å². The second-order valence-corrected chi connectivity index (χ2v) is 7.57. The molecule has 2 aliphatic heterocycles. The highest BCUT2D eigenvalue weighted by molar-refractivity contribution is 5.97. The lowest BCUT2D eigenvalue weighted by Crippen LogP contribution is -2.27. The maximum absolute atomic E-state index is 13.0. The molecule has 0 unspecified atom stereocenters. The number of methoxy groups -OCH3 is 2. The van der Waals surface area contributed by atoms with Crippen molar-refractivity contribution < 1.29 is 19.0 Å². The van der Waals surface area contributed by atoms with Crippen molar-refractivity contribution in [2.24, 2.45) is 0 Å². The summed E-state index contributed by atoms with van der Waals surface area (Å²) in [7, 11) is 3.27. The Hall–Kier alpha value is -3.81. The summed E-state index contributed by atoms with van der Waals surface area (Å²) in [5.41, 5.74) is 3.49. The Morgan fingerprint density at radius 2 is 1.81 bits per heavy atom. The quantitative estimate of drug-likeness (QED) is 0.612. The van der Waals surface area contributed by atoms with E-state index >= 15 is 0 Å². The van der Waals surface area contributed by atoms with Crippen LogP contribution in [0.3, 0.4) is 0 Å². The van der Waals surface area contributed by atoms with Crippen LogP contribution in [0.4, 0.5) is 0 Å². The Labute approximate surface area is 179 Å². The molecule has 1 aromatic heterocycles. The van der Waals surface area contributed by atoms with Gasteiger partial charge in [0.15, 0.2) is 0 Å². The Morgan fingerprint density at radius 3 is 2.58 bits per heavy atom. The van der Waals surface area contributed by atoms with Crippen LogP contribution in [0.1, 0.15) is 16.8 Å². The Bertz CT molecular complexity index is 1170. The second-order valence-electron chi connectivity index (χ2n) is 7.57. The number of fused-ring (bicyclic) bond motifs is 1. The van der Waals surface area contributed by atoms with Gasteiger partial charge in [-0.05, 0) is 35.9 Å². The number of amides is 1. The maximum Gasteiger partial charge on any atom is 0.254 e. The summed E-state index contributed by atoms with van der Waals surface area (Å²) >= 11 is 0. The van der Waals surface area contributed by atoms with E-state index < -0.39 is 0 Å². The zero-order valence-electron chi connectivity index (χ0n) is 17.4. The first kappa shape index (κ1) is 19.2. The third kappa shape index (κ3) is 3.72. The van der Waals surface area contributed by atoms with Crippen LogP contribution < -0.4 is 14.2 Å². The van der Waals surface area contributed by atoms with Crippen molar-refractivity contribution in [2.45, 2.75) is 19.5 Å². The molecule has 0 saturated heterocycles.